The molecule has 0 bridgehead atoms. The Kier molecular flexibility index (Phi) is 7.77. The summed E-state index contributed by atoms with van der Waals surface area (Å²) in [5, 5.41) is 11.3. The first-order valence-electron chi connectivity index (χ1n) is 5.71. The van der Waals surface area contributed by atoms with E-state index in [-0.39, 0.29) is 18.9 Å². The number of amides is 1. The second kappa shape index (κ2) is 8.20. The van der Waals surface area contributed by atoms with E-state index >= 15 is 0 Å². The van der Waals surface area contributed by atoms with Gasteiger partial charge in [0.05, 0.1) is 18.8 Å². The van der Waals surface area contributed by atoms with Gasteiger partial charge in [-0.05, 0) is 11.8 Å². The van der Waals surface area contributed by atoms with Crippen LogP contribution in [0.2, 0.25) is 0 Å². The van der Waals surface area contributed by atoms with E-state index in [0.29, 0.717) is 18.7 Å². The van der Waals surface area contributed by atoms with Crippen molar-refractivity contribution < 1.29 is 23.1 Å². The van der Waals surface area contributed by atoms with Gasteiger partial charge in [0.1, 0.15) is 0 Å². The SMILES string of the molecule is CC(=O)NCCCS(=O)OCC(C)(C)CC(=O)O. The van der Waals surface area contributed by atoms with Crippen molar-refractivity contribution in [2.24, 2.45) is 5.41 Å². The second-order valence-electron chi connectivity index (χ2n) is 4.84. The highest BCUT2D eigenvalue weighted by atomic mass is 32.2. The first-order chi connectivity index (χ1) is 8.23. The molecule has 6 nitrogen and oxygen atoms in total. The molecule has 0 aliphatic rings. The summed E-state index contributed by atoms with van der Waals surface area (Å²) in [4.78, 5) is 21.1. The Morgan fingerprint density at radius 2 is 2.00 bits per heavy atom. The average Bonchev–Trinajstić information content (AvgIpc) is 2.19. The summed E-state index contributed by atoms with van der Waals surface area (Å²) in [7, 11) is 0. The maximum Gasteiger partial charge on any atom is 0.303 e. The van der Waals surface area contributed by atoms with Crippen LogP contribution >= 0.6 is 0 Å². The second-order valence-corrected chi connectivity index (χ2v) is 6.09. The minimum absolute atomic E-state index is 0.0317. The Morgan fingerprint density at radius 1 is 1.39 bits per heavy atom. The van der Waals surface area contributed by atoms with E-state index in [0.717, 1.165) is 0 Å². The van der Waals surface area contributed by atoms with Gasteiger partial charge >= 0.3 is 5.97 Å². The van der Waals surface area contributed by atoms with E-state index in [4.69, 9.17) is 9.29 Å². The first kappa shape index (κ1) is 17.1. The number of rotatable bonds is 9. The number of carbonyl (C=O) groups is 2. The number of carbonyl (C=O) groups excluding carboxylic acids is 1. The van der Waals surface area contributed by atoms with E-state index in [1.807, 2.05) is 0 Å². The molecular formula is C11H21NO5S. The summed E-state index contributed by atoms with van der Waals surface area (Å²) in [5.41, 5.74) is -0.543. The molecule has 0 aliphatic carbocycles. The van der Waals surface area contributed by atoms with Crippen molar-refractivity contribution in [1.82, 2.24) is 5.32 Å². The van der Waals surface area contributed by atoms with Crippen molar-refractivity contribution in [3.63, 3.8) is 0 Å². The lowest BCUT2D eigenvalue weighted by atomic mass is 9.91. The van der Waals surface area contributed by atoms with E-state index < -0.39 is 22.5 Å². The largest absolute Gasteiger partial charge is 0.481 e. The molecule has 0 aromatic carbocycles. The van der Waals surface area contributed by atoms with Gasteiger partial charge in [0, 0.05) is 13.5 Å². The summed E-state index contributed by atoms with van der Waals surface area (Å²) in [6.45, 7) is 5.50. The van der Waals surface area contributed by atoms with Crippen molar-refractivity contribution in [2.75, 3.05) is 18.9 Å². The van der Waals surface area contributed by atoms with Gasteiger partial charge in [0.2, 0.25) is 5.91 Å². The van der Waals surface area contributed by atoms with Crippen LogP contribution in [0.3, 0.4) is 0 Å². The van der Waals surface area contributed by atoms with E-state index in [2.05, 4.69) is 5.32 Å². The van der Waals surface area contributed by atoms with Gasteiger partial charge in [-0.2, -0.15) is 0 Å². The predicted molar refractivity (Wildman–Crippen MR) is 68.3 cm³/mol. The minimum Gasteiger partial charge on any atom is -0.481 e. The number of hydrogen-bond donors (Lipinski definition) is 2. The predicted octanol–water partition coefficient (Wildman–Crippen LogP) is 0.694. The molecule has 1 unspecified atom stereocenters. The fourth-order valence-electron chi connectivity index (χ4n) is 1.20. The normalized spacial score (nSPS) is 13.1. The number of aliphatic carboxylic acids is 1. The van der Waals surface area contributed by atoms with Crippen LogP contribution in [0.1, 0.15) is 33.6 Å². The van der Waals surface area contributed by atoms with Crippen molar-refractivity contribution in [2.45, 2.75) is 33.6 Å². The molecule has 0 saturated heterocycles. The Labute approximate surface area is 110 Å². The molecule has 0 aromatic rings. The molecule has 0 rings (SSSR count). The zero-order chi connectivity index (χ0) is 14.2. The average molecular weight is 279 g/mol. The molecule has 0 aliphatic heterocycles. The molecule has 0 radical (unpaired) electrons. The summed E-state index contributed by atoms with van der Waals surface area (Å²) >= 11 is -1.44. The topological polar surface area (TPSA) is 92.7 Å². The lowest BCUT2D eigenvalue weighted by Crippen LogP contribution is -2.25. The lowest BCUT2D eigenvalue weighted by Gasteiger charge is -2.21. The third-order valence-corrected chi connectivity index (χ3v) is 3.08. The summed E-state index contributed by atoms with van der Waals surface area (Å²) in [6.07, 6.45) is 0.529. The van der Waals surface area contributed by atoms with Gasteiger partial charge in [-0.3, -0.25) is 13.8 Å². The zero-order valence-corrected chi connectivity index (χ0v) is 11.8. The molecule has 0 saturated carbocycles. The molecule has 7 heteroatoms. The summed E-state index contributed by atoms with van der Waals surface area (Å²) in [5.74, 6) is -0.701. The van der Waals surface area contributed by atoms with Gasteiger partial charge in [-0.1, -0.05) is 13.8 Å². The maximum atomic E-state index is 11.4. The highest BCUT2D eigenvalue weighted by molar-refractivity contribution is 7.80. The van der Waals surface area contributed by atoms with Gasteiger partial charge in [-0.25, -0.2) is 4.21 Å². The van der Waals surface area contributed by atoms with Crippen LogP contribution in [0.4, 0.5) is 0 Å². The molecule has 18 heavy (non-hydrogen) atoms. The Hall–Kier alpha value is -0.950. The number of carboxylic acid groups (broad SMARTS) is 1. The highest BCUT2D eigenvalue weighted by Crippen LogP contribution is 2.20. The van der Waals surface area contributed by atoms with Crippen LogP contribution in [0.15, 0.2) is 0 Å². The Bertz CT molecular complexity index is 317. The third-order valence-electron chi connectivity index (χ3n) is 2.07. The summed E-state index contributed by atoms with van der Waals surface area (Å²) in [6, 6.07) is 0. The lowest BCUT2D eigenvalue weighted by molar-refractivity contribution is -0.139. The van der Waals surface area contributed by atoms with Crippen molar-refractivity contribution in [1.29, 1.82) is 0 Å². The quantitative estimate of drug-likeness (QED) is 0.606. The molecular weight excluding hydrogens is 258 g/mol. The molecule has 1 atom stereocenters. The van der Waals surface area contributed by atoms with Gasteiger partial charge < -0.3 is 10.4 Å². The first-order valence-corrected chi connectivity index (χ1v) is 6.95. The fourth-order valence-corrected chi connectivity index (χ4v) is 2.15. The van der Waals surface area contributed by atoms with Crippen molar-refractivity contribution in [3.05, 3.63) is 0 Å². The van der Waals surface area contributed by atoms with Crippen molar-refractivity contribution in [3.8, 4) is 0 Å². The van der Waals surface area contributed by atoms with Gasteiger partial charge in [0.25, 0.3) is 0 Å². The van der Waals surface area contributed by atoms with Crippen molar-refractivity contribution >= 4 is 23.0 Å². The highest BCUT2D eigenvalue weighted by Gasteiger charge is 2.23. The molecule has 1 amide bonds. The molecule has 0 heterocycles. The van der Waals surface area contributed by atoms with Gasteiger partial charge in [-0.15, -0.1) is 0 Å². The van der Waals surface area contributed by atoms with Crippen LogP contribution in [0.5, 0.6) is 0 Å². The monoisotopic (exact) mass is 279 g/mol. The fraction of sp³-hybridized carbons (Fsp3) is 0.818. The van der Waals surface area contributed by atoms with Crippen LogP contribution in [-0.4, -0.2) is 40.1 Å². The summed E-state index contributed by atoms with van der Waals surface area (Å²) < 4.78 is 16.6. The molecule has 106 valence electrons. The van der Waals surface area contributed by atoms with E-state index in [9.17, 15) is 13.8 Å². The minimum atomic E-state index is -1.44. The maximum absolute atomic E-state index is 11.4. The molecule has 0 spiro atoms. The standard InChI is InChI=1S/C11H21NO5S/c1-9(13)12-5-4-6-18(16)17-8-11(2,3)7-10(14)15/h4-8H2,1-3H3,(H,12,13)(H,14,15). The van der Waals surface area contributed by atoms with Crippen LogP contribution in [0.25, 0.3) is 0 Å². The van der Waals surface area contributed by atoms with E-state index in [1.165, 1.54) is 6.92 Å². The zero-order valence-electron chi connectivity index (χ0n) is 11.0. The third kappa shape index (κ3) is 10.2. The number of hydrogen-bond acceptors (Lipinski definition) is 4. The van der Waals surface area contributed by atoms with Crippen LogP contribution in [-0.2, 0) is 24.9 Å². The smallest absolute Gasteiger partial charge is 0.303 e. The van der Waals surface area contributed by atoms with E-state index in [1.54, 1.807) is 13.8 Å². The van der Waals surface area contributed by atoms with Crippen LogP contribution < -0.4 is 5.32 Å². The molecule has 2 N–H and O–H groups in total. The Morgan fingerprint density at radius 3 is 2.50 bits per heavy atom. The molecule has 0 aromatic heterocycles. The number of carboxylic acids is 1. The molecule has 0 fully saturated rings. The Balaban J connectivity index is 3.76. The van der Waals surface area contributed by atoms with Gasteiger partial charge in [0.15, 0.2) is 11.1 Å². The van der Waals surface area contributed by atoms with Crippen LogP contribution in [0, 0.1) is 5.41 Å². The number of nitrogens with one attached hydrogen (secondary N) is 1.